The smallest absolute Gasteiger partial charge is 0.254 e. The molecule has 3 aromatic rings. The van der Waals surface area contributed by atoms with Crippen molar-refractivity contribution >= 4 is 17.5 Å². The lowest BCUT2D eigenvalue weighted by atomic mass is 10.2. The summed E-state index contributed by atoms with van der Waals surface area (Å²) in [5, 5.41) is 7.25. The summed E-state index contributed by atoms with van der Waals surface area (Å²) in [6.45, 7) is 0.914. The van der Waals surface area contributed by atoms with Crippen LogP contribution in [0.1, 0.15) is 21.5 Å². The maximum Gasteiger partial charge on any atom is 0.254 e. The second-order valence-corrected chi connectivity index (χ2v) is 5.78. The number of carbonyl (C=O) groups is 1. The molecule has 4 nitrogen and oxygen atoms in total. The zero-order chi connectivity index (χ0) is 16.9. The van der Waals surface area contributed by atoms with Crippen molar-refractivity contribution in [1.82, 2.24) is 15.1 Å². The Morgan fingerprint density at radius 1 is 1.17 bits per heavy atom. The van der Waals surface area contributed by atoms with Crippen LogP contribution in [0, 0.1) is 5.82 Å². The highest BCUT2D eigenvalue weighted by Crippen LogP contribution is 2.15. The molecule has 0 fully saturated rings. The monoisotopic (exact) mass is 343 g/mol. The van der Waals surface area contributed by atoms with Gasteiger partial charge in [0.25, 0.3) is 5.91 Å². The summed E-state index contributed by atoms with van der Waals surface area (Å²) in [6.07, 6.45) is 3.53. The number of amides is 1. The maximum atomic E-state index is 13.7. The van der Waals surface area contributed by atoms with Crippen molar-refractivity contribution in [2.24, 2.45) is 0 Å². The average Bonchev–Trinajstić information content (AvgIpc) is 3.03. The van der Waals surface area contributed by atoms with Gasteiger partial charge in [0.2, 0.25) is 0 Å². The first kappa shape index (κ1) is 16.2. The maximum absolute atomic E-state index is 13.7. The van der Waals surface area contributed by atoms with Crippen molar-refractivity contribution in [1.29, 1.82) is 0 Å². The molecule has 1 aromatic heterocycles. The van der Waals surface area contributed by atoms with Crippen LogP contribution >= 0.6 is 11.6 Å². The van der Waals surface area contributed by atoms with Gasteiger partial charge >= 0.3 is 0 Å². The van der Waals surface area contributed by atoms with Crippen LogP contribution in [0.2, 0.25) is 5.02 Å². The van der Waals surface area contributed by atoms with Crippen molar-refractivity contribution in [3.63, 3.8) is 0 Å². The second kappa shape index (κ2) is 7.27. The molecule has 6 heteroatoms. The van der Waals surface area contributed by atoms with Crippen molar-refractivity contribution in [2.75, 3.05) is 0 Å². The summed E-state index contributed by atoms with van der Waals surface area (Å²) >= 11 is 5.80. The Kier molecular flexibility index (Phi) is 4.91. The van der Waals surface area contributed by atoms with Crippen LogP contribution in [0.5, 0.6) is 0 Å². The van der Waals surface area contributed by atoms with E-state index in [0.29, 0.717) is 11.6 Å². The molecule has 0 atom stereocenters. The Labute approximate surface area is 143 Å². The molecule has 1 N–H and O–H groups in total. The van der Waals surface area contributed by atoms with Gasteiger partial charge in [0.05, 0.1) is 18.3 Å². The topological polar surface area (TPSA) is 46.9 Å². The Morgan fingerprint density at radius 2 is 1.96 bits per heavy atom. The van der Waals surface area contributed by atoms with Gasteiger partial charge in [0.15, 0.2) is 0 Å². The van der Waals surface area contributed by atoms with Crippen LogP contribution in [-0.2, 0) is 13.1 Å². The van der Waals surface area contributed by atoms with E-state index < -0.39 is 11.7 Å². The predicted octanol–water partition coefficient (Wildman–Crippen LogP) is 3.65. The minimum Gasteiger partial charge on any atom is -0.348 e. The lowest BCUT2D eigenvalue weighted by Gasteiger charge is -2.05. The molecule has 0 aliphatic carbocycles. The number of hydrogen-bond donors (Lipinski definition) is 1. The summed E-state index contributed by atoms with van der Waals surface area (Å²) in [6, 6.07) is 13.8. The lowest BCUT2D eigenvalue weighted by Crippen LogP contribution is -2.23. The first-order valence-electron chi connectivity index (χ1n) is 7.40. The van der Waals surface area contributed by atoms with Gasteiger partial charge in [-0.3, -0.25) is 9.48 Å². The first-order chi connectivity index (χ1) is 11.6. The van der Waals surface area contributed by atoms with Gasteiger partial charge in [0.1, 0.15) is 5.82 Å². The number of carbonyl (C=O) groups excluding carboxylic acids is 1. The molecule has 0 radical (unpaired) electrons. The molecule has 1 amide bonds. The zero-order valence-electron chi connectivity index (χ0n) is 12.7. The van der Waals surface area contributed by atoms with Crippen LogP contribution < -0.4 is 5.32 Å². The van der Waals surface area contributed by atoms with Crippen LogP contribution in [0.25, 0.3) is 0 Å². The van der Waals surface area contributed by atoms with Crippen molar-refractivity contribution in [3.8, 4) is 0 Å². The van der Waals surface area contributed by atoms with E-state index in [1.54, 1.807) is 10.9 Å². The Morgan fingerprint density at radius 3 is 2.75 bits per heavy atom. The third-order valence-corrected chi connectivity index (χ3v) is 3.74. The minimum absolute atomic E-state index is 0.0702. The van der Waals surface area contributed by atoms with E-state index in [2.05, 4.69) is 10.4 Å². The molecule has 1 heterocycles. The molecular formula is C18H15ClFN3O. The largest absolute Gasteiger partial charge is 0.348 e. The normalized spacial score (nSPS) is 10.6. The molecule has 2 aromatic carbocycles. The summed E-state index contributed by atoms with van der Waals surface area (Å²) in [7, 11) is 0. The van der Waals surface area contributed by atoms with E-state index in [1.807, 2.05) is 36.5 Å². The molecule has 24 heavy (non-hydrogen) atoms. The fourth-order valence-electron chi connectivity index (χ4n) is 2.30. The SMILES string of the molecule is O=C(NCc1cnn(Cc2ccccc2)c1)c1cc(Cl)ccc1F. The third-order valence-electron chi connectivity index (χ3n) is 3.50. The first-order valence-corrected chi connectivity index (χ1v) is 7.78. The van der Waals surface area contributed by atoms with Gasteiger partial charge < -0.3 is 5.32 Å². The molecule has 0 aliphatic heterocycles. The van der Waals surface area contributed by atoms with Crippen LogP contribution in [-0.4, -0.2) is 15.7 Å². The summed E-state index contributed by atoms with van der Waals surface area (Å²) < 4.78 is 15.4. The van der Waals surface area contributed by atoms with Crippen molar-refractivity contribution < 1.29 is 9.18 Å². The van der Waals surface area contributed by atoms with Crippen LogP contribution in [0.4, 0.5) is 4.39 Å². The molecule has 3 rings (SSSR count). The van der Waals surface area contributed by atoms with Crippen molar-refractivity contribution in [2.45, 2.75) is 13.1 Å². The number of hydrogen-bond acceptors (Lipinski definition) is 2. The molecule has 0 aliphatic rings. The highest BCUT2D eigenvalue weighted by molar-refractivity contribution is 6.31. The lowest BCUT2D eigenvalue weighted by molar-refractivity contribution is 0.0947. The van der Waals surface area contributed by atoms with Crippen molar-refractivity contribution in [3.05, 3.63) is 88.5 Å². The number of rotatable bonds is 5. The molecule has 122 valence electrons. The van der Waals surface area contributed by atoms with Crippen LogP contribution in [0.3, 0.4) is 0 Å². The van der Waals surface area contributed by atoms with E-state index >= 15 is 0 Å². The standard InChI is InChI=1S/C18H15ClFN3O/c19-15-6-7-17(20)16(8-15)18(24)21-9-14-10-22-23(12-14)11-13-4-2-1-3-5-13/h1-8,10,12H,9,11H2,(H,21,24). The van der Waals surface area contributed by atoms with E-state index in [0.717, 1.165) is 11.1 Å². The zero-order valence-corrected chi connectivity index (χ0v) is 13.5. The predicted molar refractivity (Wildman–Crippen MR) is 90.4 cm³/mol. The highest BCUT2D eigenvalue weighted by atomic mass is 35.5. The van der Waals surface area contributed by atoms with Gasteiger partial charge in [-0.25, -0.2) is 4.39 Å². The Hall–Kier alpha value is -2.66. The summed E-state index contributed by atoms with van der Waals surface area (Å²) in [5.74, 6) is -1.11. The molecule has 0 bridgehead atoms. The molecule has 0 unspecified atom stereocenters. The van der Waals surface area contributed by atoms with Gasteiger partial charge in [-0.1, -0.05) is 41.9 Å². The molecule has 0 saturated carbocycles. The number of nitrogens with one attached hydrogen (secondary N) is 1. The number of nitrogens with zero attached hydrogens (tertiary/aromatic N) is 2. The quantitative estimate of drug-likeness (QED) is 0.768. The van der Waals surface area contributed by atoms with E-state index in [1.165, 1.54) is 18.2 Å². The molecular weight excluding hydrogens is 329 g/mol. The fourth-order valence-corrected chi connectivity index (χ4v) is 2.48. The number of halogens is 2. The van der Waals surface area contributed by atoms with Gasteiger partial charge in [0, 0.05) is 23.3 Å². The summed E-state index contributed by atoms with van der Waals surface area (Å²) in [5.41, 5.74) is 1.90. The molecule has 0 saturated heterocycles. The van der Waals surface area contributed by atoms with Crippen LogP contribution in [0.15, 0.2) is 60.9 Å². The van der Waals surface area contributed by atoms with E-state index in [-0.39, 0.29) is 12.1 Å². The number of aromatic nitrogens is 2. The second-order valence-electron chi connectivity index (χ2n) is 5.34. The Bertz CT molecular complexity index is 848. The highest BCUT2D eigenvalue weighted by Gasteiger charge is 2.12. The Balaban J connectivity index is 1.61. The summed E-state index contributed by atoms with van der Waals surface area (Å²) in [4.78, 5) is 12.1. The molecule has 0 spiro atoms. The van der Waals surface area contributed by atoms with Gasteiger partial charge in [-0.15, -0.1) is 0 Å². The van der Waals surface area contributed by atoms with Gasteiger partial charge in [-0.05, 0) is 23.8 Å². The van der Waals surface area contributed by atoms with E-state index in [4.69, 9.17) is 11.6 Å². The average molecular weight is 344 g/mol. The van der Waals surface area contributed by atoms with Gasteiger partial charge in [-0.2, -0.15) is 5.10 Å². The minimum atomic E-state index is -0.600. The third kappa shape index (κ3) is 4.00. The fraction of sp³-hybridized carbons (Fsp3) is 0.111. The number of benzene rings is 2. The van der Waals surface area contributed by atoms with E-state index in [9.17, 15) is 9.18 Å².